The third kappa shape index (κ3) is 7.05. The number of nitrogens with zero attached hydrogens (tertiary/aromatic N) is 3. The predicted octanol–water partition coefficient (Wildman–Crippen LogP) is 8.31. The molecule has 0 spiro atoms. The fraction of sp³-hybridized carbons (Fsp3) is 0.351. The quantitative estimate of drug-likeness (QED) is 0.211. The summed E-state index contributed by atoms with van der Waals surface area (Å²) in [4.78, 5) is 25.5. The van der Waals surface area contributed by atoms with Gasteiger partial charge in [0.25, 0.3) is 0 Å². The van der Waals surface area contributed by atoms with Gasteiger partial charge in [0.1, 0.15) is 12.1 Å². The normalized spacial score (nSPS) is 12.2. The van der Waals surface area contributed by atoms with Crippen LogP contribution in [0.15, 0.2) is 61.2 Å². The summed E-state index contributed by atoms with van der Waals surface area (Å²) in [6, 6.07) is 14.5. The van der Waals surface area contributed by atoms with E-state index in [2.05, 4.69) is 48.1 Å². The van der Waals surface area contributed by atoms with Crippen molar-refractivity contribution >= 4 is 27.6 Å². The van der Waals surface area contributed by atoms with E-state index in [1.54, 1.807) is 27.1 Å². The van der Waals surface area contributed by atoms with E-state index in [1.807, 2.05) is 51.4 Å². The van der Waals surface area contributed by atoms with Gasteiger partial charge in [-0.2, -0.15) is 0 Å². The second-order valence-corrected chi connectivity index (χ2v) is 12.1. The van der Waals surface area contributed by atoms with Crippen LogP contribution < -0.4 is 4.74 Å². The summed E-state index contributed by atoms with van der Waals surface area (Å²) in [6.07, 6.45) is 6.06. The molecule has 7 heteroatoms. The first kappa shape index (κ1) is 32.6. The molecule has 3 heterocycles. The van der Waals surface area contributed by atoms with Crippen molar-refractivity contribution in [3.63, 3.8) is 0 Å². The molecule has 230 valence electrons. The Morgan fingerprint density at radius 1 is 1.02 bits per heavy atom. The SMILES string of the molecule is CC.CC(C)(C)O.Cc1cc2cc(-c3cncnc3C(C)C)ccc2c(-c2ccc3c4c(ccnc24)CCO3)c1CC(=O)O. The van der Waals surface area contributed by atoms with Crippen LogP contribution in [0, 0.1) is 6.92 Å². The van der Waals surface area contributed by atoms with Crippen LogP contribution in [0.1, 0.15) is 76.8 Å². The van der Waals surface area contributed by atoms with Crippen LogP contribution in [0.5, 0.6) is 5.75 Å². The van der Waals surface area contributed by atoms with E-state index in [0.29, 0.717) is 6.61 Å². The van der Waals surface area contributed by atoms with Crippen LogP contribution in [-0.2, 0) is 17.6 Å². The van der Waals surface area contributed by atoms with Crippen molar-refractivity contribution in [1.29, 1.82) is 0 Å². The largest absolute Gasteiger partial charge is 0.493 e. The van der Waals surface area contributed by atoms with Gasteiger partial charge in [-0.3, -0.25) is 9.78 Å². The van der Waals surface area contributed by atoms with Gasteiger partial charge in [0, 0.05) is 35.3 Å². The van der Waals surface area contributed by atoms with Gasteiger partial charge in [0.05, 0.1) is 29.8 Å². The van der Waals surface area contributed by atoms with Gasteiger partial charge in [-0.1, -0.05) is 45.9 Å². The van der Waals surface area contributed by atoms with Crippen molar-refractivity contribution in [2.24, 2.45) is 0 Å². The van der Waals surface area contributed by atoms with E-state index in [9.17, 15) is 9.90 Å². The van der Waals surface area contributed by atoms with Crippen LogP contribution in [0.2, 0.25) is 0 Å². The van der Waals surface area contributed by atoms with E-state index < -0.39 is 11.6 Å². The monoisotopic (exact) mass is 593 g/mol. The molecule has 3 aromatic carbocycles. The highest BCUT2D eigenvalue weighted by Gasteiger charge is 2.22. The summed E-state index contributed by atoms with van der Waals surface area (Å²) in [6.45, 7) is 16.1. The number of fused-ring (bicyclic) bond motifs is 1. The number of aliphatic carboxylic acids is 1. The number of aliphatic hydroxyl groups is 1. The molecule has 2 N–H and O–H groups in total. The Labute approximate surface area is 260 Å². The molecule has 0 atom stereocenters. The molecular weight excluding hydrogens is 550 g/mol. The first-order valence-electron chi connectivity index (χ1n) is 15.3. The maximum absolute atomic E-state index is 12.0. The smallest absolute Gasteiger partial charge is 0.307 e. The molecule has 6 rings (SSSR count). The molecule has 0 amide bonds. The van der Waals surface area contributed by atoms with Gasteiger partial charge in [-0.15, -0.1) is 0 Å². The van der Waals surface area contributed by atoms with Gasteiger partial charge in [-0.05, 0) is 96.5 Å². The van der Waals surface area contributed by atoms with Crippen LogP contribution in [0.3, 0.4) is 0 Å². The molecule has 0 aliphatic carbocycles. The van der Waals surface area contributed by atoms with Gasteiger partial charge < -0.3 is 14.9 Å². The molecule has 44 heavy (non-hydrogen) atoms. The lowest BCUT2D eigenvalue weighted by Gasteiger charge is -2.22. The van der Waals surface area contributed by atoms with E-state index >= 15 is 0 Å². The molecular formula is C37H43N3O4. The Balaban J connectivity index is 0.000000576. The third-order valence-electron chi connectivity index (χ3n) is 7.24. The molecule has 0 fully saturated rings. The first-order valence-corrected chi connectivity index (χ1v) is 15.3. The zero-order valence-electron chi connectivity index (χ0n) is 27.0. The Bertz CT molecular complexity index is 1790. The topological polar surface area (TPSA) is 105 Å². The molecule has 1 aliphatic heterocycles. The minimum atomic E-state index is -0.859. The van der Waals surface area contributed by atoms with Crippen molar-refractivity contribution in [2.45, 2.75) is 79.8 Å². The second-order valence-electron chi connectivity index (χ2n) is 12.1. The van der Waals surface area contributed by atoms with Crippen molar-refractivity contribution in [3.05, 3.63) is 83.6 Å². The molecule has 0 bridgehead atoms. The number of hydrogen-bond acceptors (Lipinski definition) is 6. The minimum absolute atomic E-state index is 0.0671. The van der Waals surface area contributed by atoms with Crippen molar-refractivity contribution in [1.82, 2.24) is 15.0 Å². The number of aryl methyl sites for hydroxylation is 1. The standard InChI is InChI=1S/C31H27N3O3.C4H10O.C2H6/c1-17(2)30-25(15-32-16-34-30)20-4-5-22-21(13-20)12-18(3)24(14-27(35)36)29(22)23-6-7-26-28-19(9-11-37-26)8-10-33-31(23)28;1-4(2,3)5;1-2/h4-8,10,12-13,15-17H,9,11,14H2,1-3H3,(H,35,36);5H,1-3H3;1-2H3. The lowest BCUT2D eigenvalue weighted by molar-refractivity contribution is -0.136. The maximum atomic E-state index is 12.0. The van der Waals surface area contributed by atoms with Gasteiger partial charge >= 0.3 is 5.97 Å². The minimum Gasteiger partial charge on any atom is -0.493 e. The van der Waals surface area contributed by atoms with E-state index in [4.69, 9.17) is 14.8 Å². The summed E-state index contributed by atoms with van der Waals surface area (Å²) in [5.41, 5.74) is 8.18. The average Bonchev–Trinajstić information content (AvgIpc) is 2.98. The highest BCUT2D eigenvalue weighted by molar-refractivity contribution is 6.09. The Kier molecular flexibility index (Phi) is 10.00. The molecule has 0 unspecified atom stereocenters. The average molecular weight is 594 g/mol. The fourth-order valence-corrected chi connectivity index (χ4v) is 5.57. The highest BCUT2D eigenvalue weighted by Crippen LogP contribution is 2.43. The number of hydrogen-bond donors (Lipinski definition) is 2. The van der Waals surface area contributed by atoms with Crippen molar-refractivity contribution in [3.8, 4) is 28.0 Å². The van der Waals surface area contributed by atoms with Crippen LogP contribution in [0.25, 0.3) is 43.9 Å². The van der Waals surface area contributed by atoms with E-state index in [-0.39, 0.29) is 12.3 Å². The number of carboxylic acids is 1. The Morgan fingerprint density at radius 3 is 2.43 bits per heavy atom. The van der Waals surface area contributed by atoms with Crippen molar-refractivity contribution < 1.29 is 19.7 Å². The van der Waals surface area contributed by atoms with Crippen LogP contribution in [-0.4, -0.2) is 43.3 Å². The zero-order valence-corrected chi connectivity index (χ0v) is 27.0. The molecule has 5 aromatic rings. The number of rotatable bonds is 5. The van der Waals surface area contributed by atoms with Crippen LogP contribution in [0.4, 0.5) is 0 Å². The number of ether oxygens (including phenoxy) is 1. The summed E-state index contributed by atoms with van der Waals surface area (Å²) in [5, 5.41) is 21.4. The zero-order chi connectivity index (χ0) is 32.2. The predicted molar refractivity (Wildman–Crippen MR) is 178 cm³/mol. The Morgan fingerprint density at radius 2 is 1.75 bits per heavy atom. The number of carboxylic acid groups (broad SMARTS) is 1. The summed E-state index contributed by atoms with van der Waals surface area (Å²) >= 11 is 0. The highest BCUT2D eigenvalue weighted by atomic mass is 16.5. The molecule has 2 aromatic heterocycles. The lowest BCUT2D eigenvalue weighted by Crippen LogP contribution is -2.10. The second kappa shape index (κ2) is 13.5. The molecule has 0 saturated carbocycles. The molecule has 0 saturated heterocycles. The van der Waals surface area contributed by atoms with Crippen molar-refractivity contribution in [2.75, 3.05) is 6.61 Å². The summed E-state index contributed by atoms with van der Waals surface area (Å²) < 4.78 is 5.94. The van der Waals surface area contributed by atoms with E-state index in [1.165, 1.54) is 5.56 Å². The first-order chi connectivity index (χ1) is 20.9. The maximum Gasteiger partial charge on any atom is 0.307 e. The Hall–Kier alpha value is -4.36. The van der Waals surface area contributed by atoms with Gasteiger partial charge in [0.2, 0.25) is 0 Å². The van der Waals surface area contributed by atoms with Gasteiger partial charge in [0.15, 0.2) is 0 Å². The molecule has 7 nitrogen and oxygen atoms in total. The molecule has 0 radical (unpaired) electrons. The van der Waals surface area contributed by atoms with Crippen LogP contribution >= 0.6 is 0 Å². The lowest BCUT2D eigenvalue weighted by atomic mass is 9.85. The fourth-order valence-electron chi connectivity index (χ4n) is 5.57. The van der Waals surface area contributed by atoms with E-state index in [0.717, 1.165) is 72.9 Å². The number of pyridine rings is 1. The third-order valence-corrected chi connectivity index (χ3v) is 7.24. The number of aromatic nitrogens is 3. The summed E-state index contributed by atoms with van der Waals surface area (Å²) in [7, 11) is 0. The number of carbonyl (C=O) groups is 1. The van der Waals surface area contributed by atoms with Gasteiger partial charge in [-0.25, -0.2) is 9.97 Å². The summed E-state index contributed by atoms with van der Waals surface area (Å²) in [5.74, 6) is 0.231. The molecule has 1 aliphatic rings. The number of benzene rings is 3.